The molecular weight excluding hydrogens is 382 g/mol. The van der Waals surface area contributed by atoms with Crippen LogP contribution in [0.25, 0.3) is 0 Å². The van der Waals surface area contributed by atoms with Gasteiger partial charge in [-0.1, -0.05) is 52.9 Å². The zero-order valence-electron chi connectivity index (χ0n) is 15.0. The van der Waals surface area contributed by atoms with Gasteiger partial charge in [-0.3, -0.25) is 10.1 Å². The van der Waals surface area contributed by atoms with E-state index in [0.29, 0.717) is 10.9 Å². The highest BCUT2D eigenvalue weighted by molar-refractivity contribution is 8.00. The van der Waals surface area contributed by atoms with Crippen molar-refractivity contribution in [3.63, 3.8) is 0 Å². The maximum atomic E-state index is 12.0. The van der Waals surface area contributed by atoms with Gasteiger partial charge in [-0.15, -0.1) is 10.2 Å². The summed E-state index contributed by atoms with van der Waals surface area (Å²) in [7, 11) is 1.60. The number of amides is 1. The first-order valence-electron chi connectivity index (χ1n) is 8.21. The fourth-order valence-electron chi connectivity index (χ4n) is 2.24. The number of aromatic nitrogens is 2. The lowest BCUT2D eigenvalue weighted by molar-refractivity contribution is -0.118. The van der Waals surface area contributed by atoms with Gasteiger partial charge in [0.25, 0.3) is 5.91 Å². The van der Waals surface area contributed by atoms with Crippen LogP contribution in [0.3, 0.4) is 0 Å². The van der Waals surface area contributed by atoms with Crippen LogP contribution in [0.5, 0.6) is 11.5 Å². The quantitative estimate of drug-likeness (QED) is 0.451. The molecule has 0 saturated carbocycles. The van der Waals surface area contributed by atoms with Crippen molar-refractivity contribution in [1.29, 1.82) is 0 Å². The lowest BCUT2D eigenvalue weighted by Crippen LogP contribution is -2.20. The predicted molar refractivity (Wildman–Crippen MR) is 108 cm³/mol. The molecule has 1 aromatic heterocycles. The van der Waals surface area contributed by atoms with E-state index in [-0.39, 0.29) is 12.5 Å². The molecule has 3 rings (SSSR count). The van der Waals surface area contributed by atoms with Crippen molar-refractivity contribution in [2.75, 3.05) is 19.0 Å². The number of hydrogen-bond donors (Lipinski definition) is 1. The number of anilines is 1. The summed E-state index contributed by atoms with van der Waals surface area (Å²) in [6.07, 6.45) is 0. The van der Waals surface area contributed by atoms with Crippen molar-refractivity contribution in [3.8, 4) is 11.5 Å². The molecule has 0 unspecified atom stereocenters. The standard InChI is InChI=1S/C19H19N3O3S2/c1-13-4-3-5-14(10-13)12-26-19-22-21-18(27-19)20-17(23)11-25-16-8-6-15(24-2)7-9-16/h3-10H,11-12H2,1-2H3,(H,20,21,23). The van der Waals surface area contributed by atoms with Gasteiger partial charge in [0.2, 0.25) is 5.13 Å². The largest absolute Gasteiger partial charge is 0.497 e. The summed E-state index contributed by atoms with van der Waals surface area (Å²) in [5.74, 6) is 1.86. The Labute approximate surface area is 165 Å². The number of rotatable bonds is 8. The Hall–Kier alpha value is -2.58. The number of hydrogen-bond acceptors (Lipinski definition) is 7. The van der Waals surface area contributed by atoms with Gasteiger partial charge in [0, 0.05) is 5.75 Å². The van der Waals surface area contributed by atoms with E-state index >= 15 is 0 Å². The molecule has 0 aliphatic rings. The summed E-state index contributed by atoms with van der Waals surface area (Å²) in [4.78, 5) is 12.0. The van der Waals surface area contributed by atoms with Gasteiger partial charge in [-0.25, -0.2) is 0 Å². The normalized spacial score (nSPS) is 10.4. The van der Waals surface area contributed by atoms with Crippen LogP contribution in [0, 0.1) is 6.92 Å². The molecule has 0 spiro atoms. The van der Waals surface area contributed by atoms with Crippen molar-refractivity contribution < 1.29 is 14.3 Å². The van der Waals surface area contributed by atoms with Crippen LogP contribution in [0.15, 0.2) is 52.9 Å². The second-order valence-electron chi connectivity index (χ2n) is 5.66. The average Bonchev–Trinajstić information content (AvgIpc) is 3.12. The number of nitrogens with one attached hydrogen (secondary N) is 1. The van der Waals surface area contributed by atoms with Crippen molar-refractivity contribution >= 4 is 34.1 Å². The number of carbonyl (C=O) groups is 1. The summed E-state index contributed by atoms with van der Waals surface area (Å²) in [6.45, 7) is 1.97. The SMILES string of the molecule is COc1ccc(OCC(=O)Nc2nnc(SCc3cccc(C)c3)s2)cc1. The first-order valence-corrected chi connectivity index (χ1v) is 10.0. The van der Waals surface area contributed by atoms with E-state index in [1.54, 1.807) is 43.1 Å². The zero-order valence-corrected chi connectivity index (χ0v) is 16.6. The monoisotopic (exact) mass is 401 g/mol. The fourth-order valence-corrected chi connectivity index (χ4v) is 3.95. The van der Waals surface area contributed by atoms with Gasteiger partial charge >= 0.3 is 0 Å². The fraction of sp³-hybridized carbons (Fsp3) is 0.211. The van der Waals surface area contributed by atoms with Gasteiger partial charge in [-0.2, -0.15) is 0 Å². The molecule has 0 aliphatic heterocycles. The van der Waals surface area contributed by atoms with Crippen LogP contribution in [-0.4, -0.2) is 29.8 Å². The molecule has 1 N–H and O–H groups in total. The highest BCUT2D eigenvalue weighted by Crippen LogP contribution is 2.28. The van der Waals surface area contributed by atoms with Crippen LogP contribution in [-0.2, 0) is 10.5 Å². The maximum absolute atomic E-state index is 12.0. The van der Waals surface area contributed by atoms with Gasteiger partial charge in [0.1, 0.15) is 11.5 Å². The summed E-state index contributed by atoms with van der Waals surface area (Å²) in [5, 5.41) is 11.3. The lowest BCUT2D eigenvalue weighted by atomic mass is 10.2. The minimum atomic E-state index is -0.280. The van der Waals surface area contributed by atoms with Crippen LogP contribution in [0.4, 0.5) is 5.13 Å². The Morgan fingerprint density at radius 1 is 1.15 bits per heavy atom. The van der Waals surface area contributed by atoms with Crippen molar-refractivity contribution in [2.45, 2.75) is 17.0 Å². The van der Waals surface area contributed by atoms with E-state index < -0.39 is 0 Å². The predicted octanol–water partition coefficient (Wildman–Crippen LogP) is 4.16. The molecule has 8 heteroatoms. The molecule has 3 aromatic rings. The number of methoxy groups -OCH3 is 1. The number of nitrogens with zero attached hydrogens (tertiary/aromatic N) is 2. The third-order valence-electron chi connectivity index (χ3n) is 3.53. The third-order valence-corrected chi connectivity index (χ3v) is 5.57. The molecule has 0 saturated heterocycles. The molecule has 27 heavy (non-hydrogen) atoms. The van der Waals surface area contributed by atoms with Crippen molar-refractivity contribution in [3.05, 3.63) is 59.7 Å². The van der Waals surface area contributed by atoms with Crippen LogP contribution in [0.2, 0.25) is 0 Å². The van der Waals surface area contributed by atoms with E-state index in [2.05, 4.69) is 40.6 Å². The smallest absolute Gasteiger partial charge is 0.264 e. The molecular formula is C19H19N3O3S2. The minimum absolute atomic E-state index is 0.0995. The molecule has 1 amide bonds. The molecule has 140 valence electrons. The lowest BCUT2D eigenvalue weighted by Gasteiger charge is -2.06. The number of ether oxygens (including phenoxy) is 2. The van der Waals surface area contributed by atoms with E-state index in [1.807, 2.05) is 6.07 Å². The Morgan fingerprint density at radius 2 is 1.93 bits per heavy atom. The van der Waals surface area contributed by atoms with E-state index in [0.717, 1.165) is 15.8 Å². The van der Waals surface area contributed by atoms with E-state index in [4.69, 9.17) is 9.47 Å². The second kappa shape index (κ2) is 9.38. The second-order valence-corrected chi connectivity index (χ2v) is 7.86. The molecule has 6 nitrogen and oxygen atoms in total. The minimum Gasteiger partial charge on any atom is -0.497 e. The molecule has 0 bridgehead atoms. The summed E-state index contributed by atoms with van der Waals surface area (Å²) in [6, 6.07) is 15.4. The Bertz CT molecular complexity index is 897. The summed E-state index contributed by atoms with van der Waals surface area (Å²) < 4.78 is 11.3. The van der Waals surface area contributed by atoms with Gasteiger partial charge < -0.3 is 9.47 Å². The molecule has 0 fully saturated rings. The Balaban J connectivity index is 1.45. The summed E-state index contributed by atoms with van der Waals surface area (Å²) >= 11 is 2.94. The Morgan fingerprint density at radius 3 is 2.67 bits per heavy atom. The van der Waals surface area contributed by atoms with Crippen LogP contribution >= 0.6 is 23.1 Å². The number of aryl methyl sites for hydroxylation is 1. The third kappa shape index (κ3) is 5.97. The topological polar surface area (TPSA) is 73.3 Å². The molecule has 1 heterocycles. The number of benzene rings is 2. The highest BCUT2D eigenvalue weighted by atomic mass is 32.2. The first-order chi connectivity index (χ1) is 13.1. The highest BCUT2D eigenvalue weighted by Gasteiger charge is 2.10. The van der Waals surface area contributed by atoms with E-state index in [9.17, 15) is 4.79 Å². The van der Waals surface area contributed by atoms with Crippen molar-refractivity contribution in [1.82, 2.24) is 10.2 Å². The molecule has 0 aliphatic carbocycles. The van der Waals surface area contributed by atoms with Gasteiger partial charge in [0.15, 0.2) is 10.9 Å². The maximum Gasteiger partial charge on any atom is 0.264 e. The number of carbonyl (C=O) groups excluding carboxylic acids is 1. The average molecular weight is 402 g/mol. The van der Waals surface area contributed by atoms with Gasteiger partial charge in [0.05, 0.1) is 7.11 Å². The summed E-state index contributed by atoms with van der Waals surface area (Å²) in [5.41, 5.74) is 2.46. The molecule has 0 radical (unpaired) electrons. The molecule has 0 atom stereocenters. The van der Waals surface area contributed by atoms with Gasteiger partial charge in [-0.05, 0) is 36.8 Å². The Kier molecular flexibility index (Phi) is 6.67. The first kappa shape index (κ1) is 19.2. The van der Waals surface area contributed by atoms with E-state index in [1.165, 1.54) is 22.5 Å². The van der Waals surface area contributed by atoms with Crippen LogP contribution < -0.4 is 14.8 Å². The number of thioether (sulfide) groups is 1. The van der Waals surface area contributed by atoms with Crippen LogP contribution in [0.1, 0.15) is 11.1 Å². The zero-order chi connectivity index (χ0) is 19.1. The van der Waals surface area contributed by atoms with Crippen molar-refractivity contribution in [2.24, 2.45) is 0 Å². The molecule has 2 aromatic carbocycles.